The van der Waals surface area contributed by atoms with Gasteiger partial charge in [0, 0.05) is 25.4 Å². The molecular weight excluding hydrogens is 256 g/mol. The predicted octanol–water partition coefficient (Wildman–Crippen LogP) is 0.814. The smallest absolute Gasteiger partial charge is 0.272 e. The lowest BCUT2D eigenvalue weighted by atomic mass is 10.2. The van der Waals surface area contributed by atoms with Crippen LogP contribution < -0.4 is 5.32 Å². The molecule has 2 aromatic rings. The molecule has 1 N–H and O–H groups in total. The SMILES string of the molecule is Cc1nccnc1C(=O)NC(C)c1nnc2n1CCC2. The Hall–Kier alpha value is -2.31. The number of amides is 1. The quantitative estimate of drug-likeness (QED) is 0.893. The molecule has 1 amide bonds. The number of aromatic nitrogens is 5. The van der Waals surface area contributed by atoms with Crippen molar-refractivity contribution >= 4 is 5.91 Å². The van der Waals surface area contributed by atoms with Crippen LogP contribution >= 0.6 is 0 Å². The van der Waals surface area contributed by atoms with Crippen molar-refractivity contribution in [1.29, 1.82) is 0 Å². The van der Waals surface area contributed by atoms with Crippen molar-refractivity contribution in [2.75, 3.05) is 0 Å². The third-order valence-corrected chi connectivity index (χ3v) is 3.47. The van der Waals surface area contributed by atoms with Gasteiger partial charge in [0.2, 0.25) is 0 Å². The van der Waals surface area contributed by atoms with Gasteiger partial charge in [0.15, 0.2) is 5.82 Å². The average molecular weight is 272 g/mol. The van der Waals surface area contributed by atoms with Crippen LogP contribution in [0.2, 0.25) is 0 Å². The molecule has 0 saturated carbocycles. The summed E-state index contributed by atoms with van der Waals surface area (Å²) >= 11 is 0. The first-order valence-electron chi connectivity index (χ1n) is 6.67. The fraction of sp³-hybridized carbons (Fsp3) is 0.462. The summed E-state index contributed by atoms with van der Waals surface area (Å²) in [6.45, 7) is 4.59. The number of hydrogen-bond acceptors (Lipinski definition) is 5. The van der Waals surface area contributed by atoms with Gasteiger partial charge in [-0.15, -0.1) is 10.2 Å². The molecule has 104 valence electrons. The fourth-order valence-electron chi connectivity index (χ4n) is 2.45. The normalized spacial score (nSPS) is 14.9. The molecule has 20 heavy (non-hydrogen) atoms. The van der Waals surface area contributed by atoms with Crippen LogP contribution in [-0.4, -0.2) is 30.6 Å². The number of fused-ring (bicyclic) bond motifs is 1. The number of nitrogens with one attached hydrogen (secondary N) is 1. The van der Waals surface area contributed by atoms with E-state index in [1.807, 2.05) is 6.92 Å². The largest absolute Gasteiger partial charge is 0.341 e. The van der Waals surface area contributed by atoms with Gasteiger partial charge in [-0.05, 0) is 20.3 Å². The molecule has 3 heterocycles. The highest BCUT2D eigenvalue weighted by Crippen LogP contribution is 2.19. The van der Waals surface area contributed by atoms with Gasteiger partial charge in [0.25, 0.3) is 5.91 Å². The summed E-state index contributed by atoms with van der Waals surface area (Å²) in [5, 5.41) is 11.2. The van der Waals surface area contributed by atoms with E-state index in [0.29, 0.717) is 11.4 Å². The minimum Gasteiger partial charge on any atom is -0.341 e. The van der Waals surface area contributed by atoms with Gasteiger partial charge >= 0.3 is 0 Å². The maximum absolute atomic E-state index is 12.2. The van der Waals surface area contributed by atoms with Gasteiger partial charge < -0.3 is 9.88 Å². The summed E-state index contributed by atoms with van der Waals surface area (Å²) in [5.74, 6) is 1.56. The van der Waals surface area contributed by atoms with Crippen molar-refractivity contribution in [2.45, 2.75) is 39.3 Å². The first kappa shape index (κ1) is 12.7. The van der Waals surface area contributed by atoms with Crippen molar-refractivity contribution in [3.05, 3.63) is 35.4 Å². The van der Waals surface area contributed by atoms with E-state index in [4.69, 9.17) is 0 Å². The van der Waals surface area contributed by atoms with E-state index >= 15 is 0 Å². The maximum Gasteiger partial charge on any atom is 0.272 e. The number of aryl methyl sites for hydroxylation is 2. The molecule has 0 spiro atoms. The molecule has 0 aromatic carbocycles. The Kier molecular flexibility index (Phi) is 3.17. The minimum absolute atomic E-state index is 0.205. The highest BCUT2D eigenvalue weighted by Gasteiger charge is 2.23. The summed E-state index contributed by atoms with van der Waals surface area (Å²) in [6.07, 6.45) is 5.13. The highest BCUT2D eigenvalue weighted by atomic mass is 16.2. The Morgan fingerprint density at radius 3 is 2.95 bits per heavy atom. The topological polar surface area (TPSA) is 85.6 Å². The standard InChI is InChI=1S/C13H16N6O/c1-8-11(15-6-5-14-8)13(20)16-9(2)12-18-17-10-4-3-7-19(10)12/h5-6,9H,3-4,7H2,1-2H3,(H,16,20). The van der Waals surface area contributed by atoms with E-state index < -0.39 is 0 Å². The number of nitrogens with zero attached hydrogens (tertiary/aromatic N) is 5. The van der Waals surface area contributed by atoms with Crippen LogP contribution in [0, 0.1) is 6.92 Å². The molecular formula is C13H16N6O. The van der Waals surface area contributed by atoms with Crippen LogP contribution in [0.4, 0.5) is 0 Å². The van der Waals surface area contributed by atoms with Crippen molar-refractivity contribution < 1.29 is 4.79 Å². The Morgan fingerprint density at radius 1 is 1.35 bits per heavy atom. The van der Waals surface area contributed by atoms with Crippen LogP contribution in [0.1, 0.15) is 47.2 Å². The van der Waals surface area contributed by atoms with E-state index in [0.717, 1.165) is 31.0 Å². The van der Waals surface area contributed by atoms with Gasteiger partial charge in [0.1, 0.15) is 11.5 Å². The van der Waals surface area contributed by atoms with Crippen molar-refractivity contribution in [3.63, 3.8) is 0 Å². The second-order valence-corrected chi connectivity index (χ2v) is 4.92. The van der Waals surface area contributed by atoms with E-state index in [2.05, 4.69) is 30.0 Å². The summed E-state index contributed by atoms with van der Waals surface area (Å²) < 4.78 is 2.08. The molecule has 0 aliphatic carbocycles. The predicted molar refractivity (Wildman–Crippen MR) is 71.0 cm³/mol. The zero-order valence-electron chi connectivity index (χ0n) is 11.5. The average Bonchev–Trinajstić information content (AvgIpc) is 3.00. The Bertz CT molecular complexity index is 650. The first-order chi connectivity index (χ1) is 9.66. The van der Waals surface area contributed by atoms with Crippen molar-refractivity contribution in [1.82, 2.24) is 30.0 Å². The summed E-state index contributed by atoms with van der Waals surface area (Å²) in [4.78, 5) is 20.3. The van der Waals surface area contributed by atoms with E-state index in [-0.39, 0.29) is 11.9 Å². The van der Waals surface area contributed by atoms with Gasteiger partial charge in [-0.1, -0.05) is 0 Å². The van der Waals surface area contributed by atoms with Gasteiger partial charge in [0.05, 0.1) is 11.7 Å². The Balaban J connectivity index is 1.77. The van der Waals surface area contributed by atoms with Crippen LogP contribution in [0.25, 0.3) is 0 Å². The zero-order chi connectivity index (χ0) is 14.1. The number of rotatable bonds is 3. The maximum atomic E-state index is 12.2. The Morgan fingerprint density at radius 2 is 2.15 bits per heavy atom. The molecule has 0 saturated heterocycles. The van der Waals surface area contributed by atoms with Gasteiger partial charge in [-0.3, -0.25) is 9.78 Å². The number of carbonyl (C=O) groups is 1. The van der Waals surface area contributed by atoms with E-state index in [1.54, 1.807) is 13.1 Å². The molecule has 2 aromatic heterocycles. The highest BCUT2D eigenvalue weighted by molar-refractivity contribution is 5.93. The second-order valence-electron chi connectivity index (χ2n) is 4.92. The second kappa shape index (κ2) is 4.99. The monoisotopic (exact) mass is 272 g/mol. The number of hydrogen-bond donors (Lipinski definition) is 1. The van der Waals surface area contributed by atoms with Crippen molar-refractivity contribution in [3.8, 4) is 0 Å². The molecule has 3 rings (SSSR count). The lowest BCUT2D eigenvalue weighted by Crippen LogP contribution is -2.30. The van der Waals surface area contributed by atoms with E-state index in [1.165, 1.54) is 6.20 Å². The summed E-state index contributed by atoms with van der Waals surface area (Å²) in [7, 11) is 0. The molecule has 7 nitrogen and oxygen atoms in total. The molecule has 1 aliphatic rings. The fourth-order valence-corrected chi connectivity index (χ4v) is 2.45. The molecule has 7 heteroatoms. The van der Waals surface area contributed by atoms with Crippen LogP contribution in [0.3, 0.4) is 0 Å². The van der Waals surface area contributed by atoms with Crippen LogP contribution in [-0.2, 0) is 13.0 Å². The van der Waals surface area contributed by atoms with E-state index in [9.17, 15) is 4.79 Å². The summed E-state index contributed by atoms with van der Waals surface area (Å²) in [6, 6.07) is -0.205. The van der Waals surface area contributed by atoms with Crippen LogP contribution in [0.15, 0.2) is 12.4 Å². The third-order valence-electron chi connectivity index (χ3n) is 3.47. The third kappa shape index (κ3) is 2.15. The summed E-state index contributed by atoms with van der Waals surface area (Å²) in [5.41, 5.74) is 0.962. The lowest BCUT2D eigenvalue weighted by Gasteiger charge is -2.14. The number of carbonyl (C=O) groups excluding carboxylic acids is 1. The molecule has 0 fully saturated rings. The minimum atomic E-state index is -0.238. The van der Waals surface area contributed by atoms with Crippen LogP contribution in [0.5, 0.6) is 0 Å². The zero-order valence-corrected chi connectivity index (χ0v) is 11.5. The molecule has 1 atom stereocenters. The lowest BCUT2D eigenvalue weighted by molar-refractivity contribution is 0.0931. The van der Waals surface area contributed by atoms with Crippen molar-refractivity contribution in [2.24, 2.45) is 0 Å². The molecule has 0 bridgehead atoms. The molecule has 0 radical (unpaired) electrons. The van der Waals surface area contributed by atoms with Gasteiger partial charge in [-0.2, -0.15) is 0 Å². The molecule has 1 aliphatic heterocycles. The Labute approximate surface area is 116 Å². The molecule has 1 unspecified atom stereocenters. The van der Waals surface area contributed by atoms with Gasteiger partial charge in [-0.25, -0.2) is 4.98 Å². The first-order valence-corrected chi connectivity index (χ1v) is 6.67.